The van der Waals surface area contributed by atoms with E-state index in [9.17, 15) is 0 Å². The van der Waals surface area contributed by atoms with Gasteiger partial charge in [-0.1, -0.05) is 67.2 Å². The van der Waals surface area contributed by atoms with Crippen molar-refractivity contribution in [3.63, 3.8) is 0 Å². The third-order valence-electron chi connectivity index (χ3n) is 4.21. The summed E-state index contributed by atoms with van der Waals surface area (Å²) in [6, 6.07) is 0. The van der Waals surface area contributed by atoms with E-state index >= 15 is 0 Å². The summed E-state index contributed by atoms with van der Waals surface area (Å²) in [6.45, 7) is 14.2. The van der Waals surface area contributed by atoms with Gasteiger partial charge in [-0.2, -0.15) is 0 Å². The van der Waals surface area contributed by atoms with Crippen molar-refractivity contribution >= 4 is 0 Å². The predicted molar refractivity (Wildman–Crippen MR) is 66.5 cm³/mol. The molecule has 0 radical (unpaired) electrons. The first-order valence-electron chi connectivity index (χ1n) is 6.47. The molecule has 2 unspecified atom stereocenters. The first-order chi connectivity index (χ1) is 6.47. The van der Waals surface area contributed by atoms with Crippen molar-refractivity contribution in [2.75, 3.05) is 0 Å². The van der Waals surface area contributed by atoms with Gasteiger partial charge in [0.2, 0.25) is 0 Å². The molecule has 0 amide bonds. The third kappa shape index (κ3) is 4.48. The number of hydrogen-bond acceptors (Lipinski definition) is 0. The molecule has 0 heteroatoms. The van der Waals surface area contributed by atoms with Gasteiger partial charge in [-0.05, 0) is 23.7 Å². The van der Waals surface area contributed by atoms with Gasteiger partial charge in [-0.25, -0.2) is 0 Å². The Morgan fingerprint density at radius 1 is 0.929 bits per heavy atom. The number of rotatable bonds is 7. The normalized spacial score (nSPS) is 16.7. The topological polar surface area (TPSA) is 0 Å². The van der Waals surface area contributed by atoms with E-state index in [1.165, 1.54) is 32.1 Å². The summed E-state index contributed by atoms with van der Waals surface area (Å²) >= 11 is 0. The molecule has 86 valence electrons. The van der Waals surface area contributed by atoms with Crippen molar-refractivity contribution < 1.29 is 0 Å². The van der Waals surface area contributed by atoms with Gasteiger partial charge in [-0.15, -0.1) is 0 Å². The van der Waals surface area contributed by atoms with Crippen molar-refractivity contribution in [3.8, 4) is 0 Å². The minimum absolute atomic E-state index is 0.544. The maximum absolute atomic E-state index is 2.43. The average Bonchev–Trinajstić information content (AvgIpc) is 2.18. The van der Waals surface area contributed by atoms with Crippen LogP contribution in [0.5, 0.6) is 0 Å². The molecular formula is C14H30. The third-order valence-corrected chi connectivity index (χ3v) is 4.21. The maximum atomic E-state index is 2.43. The summed E-state index contributed by atoms with van der Waals surface area (Å²) in [4.78, 5) is 0. The van der Waals surface area contributed by atoms with Crippen molar-refractivity contribution in [1.29, 1.82) is 0 Å². The lowest BCUT2D eigenvalue weighted by Crippen LogP contribution is -2.23. The van der Waals surface area contributed by atoms with E-state index in [0.717, 1.165) is 11.8 Å². The van der Waals surface area contributed by atoms with Crippen LogP contribution in [-0.2, 0) is 0 Å². The Labute approximate surface area is 91.5 Å². The fraction of sp³-hybridized carbons (Fsp3) is 1.00. The summed E-state index contributed by atoms with van der Waals surface area (Å²) in [5.74, 6) is 1.83. The summed E-state index contributed by atoms with van der Waals surface area (Å²) in [6.07, 6.45) is 6.83. The van der Waals surface area contributed by atoms with Gasteiger partial charge in [0.1, 0.15) is 0 Å². The molecule has 0 aliphatic rings. The van der Waals surface area contributed by atoms with Crippen molar-refractivity contribution in [1.82, 2.24) is 0 Å². The van der Waals surface area contributed by atoms with E-state index in [-0.39, 0.29) is 0 Å². The molecule has 0 saturated heterocycles. The predicted octanol–water partition coefficient (Wildman–Crippen LogP) is 5.28. The van der Waals surface area contributed by atoms with E-state index in [4.69, 9.17) is 0 Å². The zero-order valence-corrected chi connectivity index (χ0v) is 11.2. The van der Waals surface area contributed by atoms with Crippen LogP contribution in [0.25, 0.3) is 0 Å². The Morgan fingerprint density at radius 2 is 1.50 bits per heavy atom. The summed E-state index contributed by atoms with van der Waals surface area (Å²) < 4.78 is 0. The molecular weight excluding hydrogens is 168 g/mol. The standard InChI is InChI=1S/C14H30/c1-7-12(4)10-11-13(8-2)14(5,6)9-3/h12-13H,7-11H2,1-6H3. The zero-order chi connectivity index (χ0) is 11.2. The lowest BCUT2D eigenvalue weighted by Gasteiger charge is -2.33. The molecule has 0 aromatic heterocycles. The smallest absolute Gasteiger partial charge is 0.0329 e. The van der Waals surface area contributed by atoms with E-state index in [1.54, 1.807) is 0 Å². The SMILES string of the molecule is CCC(C)CCC(CC)C(C)(C)CC. The summed E-state index contributed by atoms with van der Waals surface area (Å²) in [5.41, 5.74) is 0.544. The van der Waals surface area contributed by atoms with Crippen LogP contribution in [0.4, 0.5) is 0 Å². The second kappa shape index (κ2) is 6.48. The van der Waals surface area contributed by atoms with Crippen molar-refractivity contribution in [2.45, 2.75) is 73.6 Å². The molecule has 0 aliphatic heterocycles. The maximum Gasteiger partial charge on any atom is -0.0329 e. The highest BCUT2D eigenvalue weighted by Crippen LogP contribution is 2.36. The second-order valence-corrected chi connectivity index (χ2v) is 5.54. The van der Waals surface area contributed by atoms with Gasteiger partial charge < -0.3 is 0 Å². The highest BCUT2D eigenvalue weighted by atomic mass is 14.3. The highest BCUT2D eigenvalue weighted by Gasteiger charge is 2.25. The molecule has 0 aromatic carbocycles. The van der Waals surface area contributed by atoms with Gasteiger partial charge >= 0.3 is 0 Å². The average molecular weight is 198 g/mol. The van der Waals surface area contributed by atoms with Crippen molar-refractivity contribution in [3.05, 3.63) is 0 Å². The Balaban J connectivity index is 4.03. The van der Waals surface area contributed by atoms with E-state index < -0.39 is 0 Å². The van der Waals surface area contributed by atoms with Crippen LogP contribution in [0.15, 0.2) is 0 Å². The molecule has 0 aliphatic carbocycles. The summed E-state index contributed by atoms with van der Waals surface area (Å²) in [5, 5.41) is 0. The molecule has 0 N–H and O–H groups in total. The molecule has 14 heavy (non-hydrogen) atoms. The quantitative estimate of drug-likeness (QED) is 0.522. The van der Waals surface area contributed by atoms with Crippen LogP contribution < -0.4 is 0 Å². The largest absolute Gasteiger partial charge is 0.0651 e. The first-order valence-corrected chi connectivity index (χ1v) is 6.47. The van der Waals surface area contributed by atoms with E-state index in [1.807, 2.05) is 0 Å². The van der Waals surface area contributed by atoms with Crippen molar-refractivity contribution in [2.24, 2.45) is 17.3 Å². The van der Waals surface area contributed by atoms with Crippen LogP contribution in [0.2, 0.25) is 0 Å². The van der Waals surface area contributed by atoms with E-state index in [2.05, 4.69) is 41.5 Å². The van der Waals surface area contributed by atoms with Gasteiger partial charge in [0, 0.05) is 0 Å². The van der Waals surface area contributed by atoms with Crippen LogP contribution >= 0.6 is 0 Å². The summed E-state index contributed by atoms with van der Waals surface area (Å²) in [7, 11) is 0. The van der Waals surface area contributed by atoms with Crippen LogP contribution in [0, 0.1) is 17.3 Å². The Bertz CT molecular complexity index is 135. The lowest BCUT2D eigenvalue weighted by atomic mass is 9.72. The van der Waals surface area contributed by atoms with Crippen LogP contribution in [0.1, 0.15) is 73.6 Å². The van der Waals surface area contributed by atoms with Gasteiger partial charge in [0.25, 0.3) is 0 Å². The Kier molecular flexibility index (Phi) is 6.48. The molecule has 0 aromatic rings. The second-order valence-electron chi connectivity index (χ2n) is 5.54. The molecule has 0 heterocycles. The van der Waals surface area contributed by atoms with Crippen LogP contribution in [0.3, 0.4) is 0 Å². The fourth-order valence-electron chi connectivity index (χ4n) is 2.13. The first kappa shape index (κ1) is 14.0. The van der Waals surface area contributed by atoms with Crippen LogP contribution in [-0.4, -0.2) is 0 Å². The molecule has 0 bridgehead atoms. The molecule has 0 spiro atoms. The molecule has 0 saturated carbocycles. The molecule has 0 fully saturated rings. The lowest BCUT2D eigenvalue weighted by molar-refractivity contribution is 0.174. The minimum Gasteiger partial charge on any atom is -0.0651 e. The Morgan fingerprint density at radius 3 is 1.86 bits per heavy atom. The monoisotopic (exact) mass is 198 g/mol. The fourth-order valence-corrected chi connectivity index (χ4v) is 2.13. The van der Waals surface area contributed by atoms with Gasteiger partial charge in [-0.3, -0.25) is 0 Å². The van der Waals surface area contributed by atoms with Gasteiger partial charge in [0.15, 0.2) is 0 Å². The van der Waals surface area contributed by atoms with E-state index in [0.29, 0.717) is 5.41 Å². The molecule has 2 atom stereocenters. The highest BCUT2D eigenvalue weighted by molar-refractivity contribution is 4.76. The minimum atomic E-state index is 0.544. The zero-order valence-electron chi connectivity index (χ0n) is 11.2. The number of hydrogen-bond donors (Lipinski definition) is 0. The Hall–Kier alpha value is 0. The molecule has 0 rings (SSSR count). The van der Waals surface area contributed by atoms with Gasteiger partial charge in [0.05, 0.1) is 0 Å². The molecule has 0 nitrogen and oxygen atoms in total.